The van der Waals surface area contributed by atoms with Crippen LogP contribution in [0.2, 0.25) is 0 Å². The molecule has 35 heavy (non-hydrogen) atoms. The number of halogens is 3. The van der Waals surface area contributed by atoms with Gasteiger partial charge in [0.25, 0.3) is 5.91 Å². The fourth-order valence-corrected chi connectivity index (χ4v) is 4.85. The molecule has 3 aromatic heterocycles. The van der Waals surface area contributed by atoms with E-state index in [1.165, 1.54) is 28.7 Å². The molecule has 0 spiro atoms. The number of carbonyl (C=O) groups excluding carboxylic acids is 2. The Kier molecular flexibility index (Phi) is 6.94. The van der Waals surface area contributed by atoms with Crippen LogP contribution in [0, 0.1) is 13.8 Å². The van der Waals surface area contributed by atoms with Gasteiger partial charge in [0.05, 0.1) is 39.0 Å². The van der Waals surface area contributed by atoms with Gasteiger partial charge in [-0.15, -0.1) is 22.7 Å². The van der Waals surface area contributed by atoms with Crippen LogP contribution in [0.5, 0.6) is 0 Å². The zero-order valence-electron chi connectivity index (χ0n) is 18.4. The molecule has 0 radical (unpaired) electrons. The van der Waals surface area contributed by atoms with E-state index in [0.717, 1.165) is 45.5 Å². The Morgan fingerprint density at radius 2 is 1.71 bits per heavy atom. The molecule has 0 fully saturated rings. The Bertz CT molecular complexity index is 1380. The molecule has 0 aliphatic carbocycles. The average molecular weight is 518 g/mol. The summed E-state index contributed by atoms with van der Waals surface area (Å²) in [6.07, 6.45) is -4.55. The van der Waals surface area contributed by atoms with Gasteiger partial charge in [-0.2, -0.15) is 13.2 Å². The van der Waals surface area contributed by atoms with Crippen LogP contribution in [0.3, 0.4) is 0 Å². The standard InChI is InChI=1S/C23H18F3N5O2S2/c1-12-20(35-13(2)27-12)18-11-34-22(30-18)31-19(32)10-16-4-3-5-17(28-16)21(33)29-15-8-6-14(7-9-15)23(24,25)26/h3-9,11H,10H2,1-2H3,(H,29,33)(H,30,31,32). The third-order valence-corrected chi connectivity index (χ3v) is 6.59. The van der Waals surface area contributed by atoms with Gasteiger partial charge >= 0.3 is 6.18 Å². The molecule has 0 bridgehead atoms. The number of benzene rings is 1. The van der Waals surface area contributed by atoms with Crippen LogP contribution in [0.4, 0.5) is 24.0 Å². The van der Waals surface area contributed by atoms with Crippen molar-refractivity contribution in [1.29, 1.82) is 0 Å². The predicted molar refractivity (Wildman–Crippen MR) is 129 cm³/mol. The number of hydrogen-bond donors (Lipinski definition) is 2. The van der Waals surface area contributed by atoms with Gasteiger partial charge in [-0.1, -0.05) is 6.07 Å². The molecule has 3 heterocycles. The second-order valence-electron chi connectivity index (χ2n) is 7.45. The summed E-state index contributed by atoms with van der Waals surface area (Å²) in [4.78, 5) is 39.0. The quantitative estimate of drug-likeness (QED) is 0.340. The third kappa shape index (κ3) is 6.08. The zero-order chi connectivity index (χ0) is 25.2. The first-order valence-corrected chi connectivity index (χ1v) is 11.9. The molecule has 180 valence electrons. The summed E-state index contributed by atoms with van der Waals surface area (Å²) in [5, 5.41) is 8.45. The molecular weight excluding hydrogens is 499 g/mol. The van der Waals surface area contributed by atoms with Crippen LogP contribution in [-0.4, -0.2) is 26.8 Å². The first-order valence-electron chi connectivity index (χ1n) is 10.2. The molecule has 4 aromatic rings. The normalized spacial score (nSPS) is 11.3. The highest BCUT2D eigenvalue weighted by Gasteiger charge is 2.30. The number of carbonyl (C=O) groups is 2. The van der Waals surface area contributed by atoms with E-state index in [1.807, 2.05) is 19.2 Å². The number of nitrogens with zero attached hydrogens (tertiary/aromatic N) is 3. The van der Waals surface area contributed by atoms with Gasteiger partial charge in [0.2, 0.25) is 5.91 Å². The van der Waals surface area contributed by atoms with Crippen LogP contribution < -0.4 is 10.6 Å². The maximum Gasteiger partial charge on any atom is 0.416 e. The number of amides is 2. The highest BCUT2D eigenvalue weighted by atomic mass is 32.1. The van der Waals surface area contributed by atoms with E-state index >= 15 is 0 Å². The Labute approximate surface area is 206 Å². The Hall–Kier alpha value is -3.64. The molecule has 1 aromatic carbocycles. The summed E-state index contributed by atoms with van der Waals surface area (Å²) in [5.41, 5.74) is 1.39. The molecule has 7 nitrogen and oxygen atoms in total. The largest absolute Gasteiger partial charge is 0.416 e. The fourth-order valence-electron chi connectivity index (χ4n) is 3.17. The summed E-state index contributed by atoms with van der Waals surface area (Å²) in [6, 6.07) is 8.72. The molecule has 0 aliphatic rings. The average Bonchev–Trinajstić information content (AvgIpc) is 3.38. The minimum absolute atomic E-state index is 0.0303. The molecule has 0 atom stereocenters. The van der Waals surface area contributed by atoms with Crippen LogP contribution in [0.1, 0.15) is 32.4 Å². The minimum Gasteiger partial charge on any atom is -0.321 e. The predicted octanol–water partition coefficient (Wildman–Crippen LogP) is 5.73. The van der Waals surface area contributed by atoms with Crippen LogP contribution in [-0.2, 0) is 17.4 Å². The van der Waals surface area contributed by atoms with Crippen molar-refractivity contribution in [3.05, 3.63) is 75.5 Å². The topological polar surface area (TPSA) is 96.9 Å². The van der Waals surface area contributed by atoms with Crippen LogP contribution >= 0.6 is 22.7 Å². The second-order valence-corrected chi connectivity index (χ2v) is 9.51. The monoisotopic (exact) mass is 517 g/mol. The number of anilines is 2. The lowest BCUT2D eigenvalue weighted by molar-refractivity contribution is -0.137. The highest BCUT2D eigenvalue weighted by molar-refractivity contribution is 7.16. The first kappa shape index (κ1) is 24.5. The zero-order valence-corrected chi connectivity index (χ0v) is 20.1. The molecule has 0 saturated carbocycles. The van der Waals surface area contributed by atoms with Crippen LogP contribution in [0.15, 0.2) is 47.8 Å². The lowest BCUT2D eigenvalue weighted by atomic mass is 10.2. The van der Waals surface area contributed by atoms with E-state index in [2.05, 4.69) is 25.6 Å². The molecule has 2 N–H and O–H groups in total. The van der Waals surface area contributed by atoms with E-state index in [1.54, 1.807) is 12.1 Å². The van der Waals surface area contributed by atoms with Gasteiger partial charge < -0.3 is 10.6 Å². The maximum absolute atomic E-state index is 12.7. The van der Waals surface area contributed by atoms with Gasteiger partial charge in [-0.3, -0.25) is 9.59 Å². The Morgan fingerprint density at radius 1 is 0.971 bits per heavy atom. The van der Waals surface area contributed by atoms with Gasteiger partial charge in [0.15, 0.2) is 5.13 Å². The number of nitrogens with one attached hydrogen (secondary N) is 2. The van der Waals surface area contributed by atoms with Crippen molar-refractivity contribution in [2.75, 3.05) is 10.6 Å². The maximum atomic E-state index is 12.7. The number of pyridine rings is 1. The molecule has 0 saturated heterocycles. The lowest BCUT2D eigenvalue weighted by Gasteiger charge is -2.09. The SMILES string of the molecule is Cc1nc(C)c(-c2csc(NC(=O)Cc3cccc(C(=O)Nc4ccc(C(F)(F)F)cc4)n3)n2)s1. The summed E-state index contributed by atoms with van der Waals surface area (Å²) in [6.45, 7) is 3.82. The molecule has 12 heteroatoms. The molecule has 4 rings (SSSR count). The Balaban J connectivity index is 1.38. The smallest absolute Gasteiger partial charge is 0.321 e. The summed E-state index contributed by atoms with van der Waals surface area (Å²) in [5.74, 6) is -0.956. The number of thiazole rings is 2. The summed E-state index contributed by atoms with van der Waals surface area (Å²) < 4.78 is 38.1. The van der Waals surface area contributed by atoms with E-state index < -0.39 is 17.6 Å². The van der Waals surface area contributed by atoms with Crippen molar-refractivity contribution >= 4 is 45.3 Å². The van der Waals surface area contributed by atoms with Gasteiger partial charge in [-0.25, -0.2) is 15.0 Å². The first-order chi connectivity index (χ1) is 16.6. The van der Waals surface area contributed by atoms with Crippen molar-refractivity contribution < 1.29 is 22.8 Å². The molecule has 0 unspecified atom stereocenters. The Morgan fingerprint density at radius 3 is 2.37 bits per heavy atom. The highest BCUT2D eigenvalue weighted by Crippen LogP contribution is 2.32. The lowest BCUT2D eigenvalue weighted by Crippen LogP contribution is -2.18. The van der Waals surface area contributed by atoms with Crippen molar-refractivity contribution in [3.8, 4) is 10.6 Å². The van der Waals surface area contributed by atoms with Gasteiger partial charge in [-0.05, 0) is 50.2 Å². The molecular formula is C23H18F3N5O2S2. The van der Waals surface area contributed by atoms with E-state index in [4.69, 9.17) is 0 Å². The summed E-state index contributed by atoms with van der Waals surface area (Å²) >= 11 is 2.83. The summed E-state index contributed by atoms with van der Waals surface area (Å²) in [7, 11) is 0. The van der Waals surface area contributed by atoms with Gasteiger partial charge in [0, 0.05) is 11.1 Å². The third-order valence-electron chi connectivity index (χ3n) is 4.74. The number of aromatic nitrogens is 3. The number of rotatable bonds is 6. The number of alkyl halides is 3. The van der Waals surface area contributed by atoms with E-state index in [-0.39, 0.29) is 23.7 Å². The van der Waals surface area contributed by atoms with Gasteiger partial charge in [0.1, 0.15) is 5.69 Å². The second kappa shape index (κ2) is 9.92. The van der Waals surface area contributed by atoms with E-state index in [9.17, 15) is 22.8 Å². The molecule has 0 aliphatic heterocycles. The molecule has 2 amide bonds. The number of aryl methyl sites for hydroxylation is 2. The van der Waals surface area contributed by atoms with Crippen LogP contribution in [0.25, 0.3) is 10.6 Å². The van der Waals surface area contributed by atoms with E-state index in [0.29, 0.717) is 10.8 Å². The fraction of sp³-hybridized carbons (Fsp3) is 0.174. The van der Waals surface area contributed by atoms with Crippen molar-refractivity contribution in [1.82, 2.24) is 15.0 Å². The van der Waals surface area contributed by atoms with Crippen molar-refractivity contribution in [2.24, 2.45) is 0 Å². The minimum atomic E-state index is -4.46. The number of hydrogen-bond acceptors (Lipinski definition) is 7. The van der Waals surface area contributed by atoms with Crippen molar-refractivity contribution in [2.45, 2.75) is 26.4 Å². The van der Waals surface area contributed by atoms with Crippen molar-refractivity contribution in [3.63, 3.8) is 0 Å².